The van der Waals surface area contributed by atoms with Crippen molar-refractivity contribution in [2.24, 2.45) is 17.8 Å². The Balaban J connectivity index is 0.000000419. The molecule has 3 aliphatic carbocycles. The van der Waals surface area contributed by atoms with E-state index in [-0.39, 0.29) is 12.1 Å². The summed E-state index contributed by atoms with van der Waals surface area (Å²) in [7, 11) is 1.65. The van der Waals surface area contributed by atoms with E-state index in [1.54, 1.807) is 12.7 Å². The van der Waals surface area contributed by atoms with Crippen LogP contribution in [0.3, 0.4) is 0 Å². The highest BCUT2D eigenvalue weighted by Crippen LogP contribution is 2.42. The molecule has 0 heterocycles. The minimum absolute atomic E-state index is 0.0428. The lowest BCUT2D eigenvalue weighted by Gasteiger charge is -2.34. The van der Waals surface area contributed by atoms with Crippen LogP contribution in [-0.4, -0.2) is 19.0 Å². The SMILES string of the molecule is C=CC(=O)OC(C)c1ccccc1.COC(=O)C(=C(C1CCCCCCCCC1)C1CCCCCCCCC1)C1CCCCCCCCC1. The number of hydrogen-bond donors (Lipinski definition) is 0. The minimum Gasteiger partial charge on any atom is -0.466 e. The van der Waals surface area contributed by atoms with Crippen molar-refractivity contribution in [3.63, 3.8) is 0 Å². The lowest BCUT2D eigenvalue weighted by Crippen LogP contribution is -2.26. The predicted octanol–water partition coefficient (Wildman–Crippen LogP) is 13.4. The first-order valence-electron chi connectivity index (χ1n) is 20.7. The number of rotatable bonds is 7. The Morgan fingerprint density at radius 3 is 1.29 bits per heavy atom. The van der Waals surface area contributed by atoms with Gasteiger partial charge in [-0.3, -0.25) is 0 Å². The Labute approximate surface area is 301 Å². The lowest BCUT2D eigenvalue weighted by molar-refractivity contribution is -0.142. The number of carbonyl (C=O) groups is 2. The number of ether oxygens (including phenoxy) is 2. The van der Waals surface area contributed by atoms with Crippen molar-refractivity contribution in [1.29, 1.82) is 0 Å². The summed E-state index contributed by atoms with van der Waals surface area (Å²) in [5.41, 5.74) is 3.81. The smallest absolute Gasteiger partial charge is 0.333 e. The number of esters is 2. The Bertz CT molecular complexity index is 1020. The van der Waals surface area contributed by atoms with Crippen molar-refractivity contribution in [3.05, 3.63) is 59.7 Å². The van der Waals surface area contributed by atoms with Crippen LogP contribution in [0.4, 0.5) is 0 Å². The minimum atomic E-state index is -0.392. The van der Waals surface area contributed by atoms with Gasteiger partial charge in [0.15, 0.2) is 0 Å². The monoisotopic (exact) mass is 677 g/mol. The summed E-state index contributed by atoms with van der Waals surface area (Å²) >= 11 is 0. The van der Waals surface area contributed by atoms with Gasteiger partial charge in [0.05, 0.1) is 7.11 Å². The Morgan fingerprint density at radius 2 is 0.939 bits per heavy atom. The summed E-state index contributed by atoms with van der Waals surface area (Å²) < 4.78 is 10.7. The quantitative estimate of drug-likeness (QED) is 0.213. The average molecular weight is 677 g/mol. The van der Waals surface area contributed by atoms with Crippen LogP contribution < -0.4 is 0 Å². The van der Waals surface area contributed by atoms with Crippen LogP contribution in [-0.2, 0) is 19.1 Å². The third-order valence-electron chi connectivity index (χ3n) is 11.5. The van der Waals surface area contributed by atoms with Gasteiger partial charge in [-0.2, -0.15) is 0 Å². The molecule has 1 unspecified atom stereocenters. The Morgan fingerprint density at radius 1 is 0.592 bits per heavy atom. The molecule has 0 aliphatic heterocycles. The second kappa shape index (κ2) is 25.6. The lowest BCUT2D eigenvalue weighted by atomic mass is 9.71. The molecule has 3 aliphatic rings. The van der Waals surface area contributed by atoms with Gasteiger partial charge in [-0.25, -0.2) is 9.59 Å². The summed E-state index contributed by atoms with van der Waals surface area (Å²) in [4.78, 5) is 24.6. The summed E-state index contributed by atoms with van der Waals surface area (Å²) in [6, 6.07) is 9.58. The second-order valence-corrected chi connectivity index (χ2v) is 15.3. The van der Waals surface area contributed by atoms with Crippen LogP contribution in [0, 0.1) is 17.8 Å². The molecule has 4 rings (SSSR count). The fourth-order valence-electron chi connectivity index (χ4n) is 8.76. The second-order valence-electron chi connectivity index (χ2n) is 15.3. The standard InChI is InChI=1S/C34H60O2.C11H12O2/c1-36-34(35)33(31-27-21-15-9-4-10-16-22-28-31)32(29-23-17-11-5-2-6-12-18-24-29)30-25-19-13-7-3-8-14-20-26-30;1-3-11(12)13-9(2)10-7-5-4-6-8-10/h29-31H,2-28H2,1H3;3-9H,1H2,2H3. The van der Waals surface area contributed by atoms with Gasteiger partial charge in [-0.15, -0.1) is 0 Å². The molecule has 1 aromatic carbocycles. The molecule has 49 heavy (non-hydrogen) atoms. The highest BCUT2D eigenvalue weighted by atomic mass is 16.5. The van der Waals surface area contributed by atoms with Gasteiger partial charge >= 0.3 is 11.9 Å². The van der Waals surface area contributed by atoms with E-state index in [4.69, 9.17) is 9.47 Å². The zero-order valence-electron chi connectivity index (χ0n) is 31.7. The van der Waals surface area contributed by atoms with Crippen molar-refractivity contribution in [2.45, 2.75) is 186 Å². The summed E-state index contributed by atoms with van der Waals surface area (Å²) in [6.07, 6.45) is 37.4. The number of carbonyl (C=O) groups excluding carboxylic acids is 2. The van der Waals surface area contributed by atoms with Crippen molar-refractivity contribution < 1.29 is 19.1 Å². The topological polar surface area (TPSA) is 52.6 Å². The maximum Gasteiger partial charge on any atom is 0.333 e. The first-order chi connectivity index (χ1) is 24.0. The van der Waals surface area contributed by atoms with Crippen LogP contribution in [0.1, 0.15) is 192 Å². The fourth-order valence-corrected chi connectivity index (χ4v) is 8.76. The van der Waals surface area contributed by atoms with Gasteiger partial charge in [0.2, 0.25) is 0 Å². The van der Waals surface area contributed by atoms with Gasteiger partial charge in [0.1, 0.15) is 6.10 Å². The number of methoxy groups -OCH3 is 1. The number of allylic oxidation sites excluding steroid dienone is 1. The third kappa shape index (κ3) is 16.0. The molecular weight excluding hydrogens is 604 g/mol. The summed E-state index contributed by atoms with van der Waals surface area (Å²) in [5.74, 6) is 1.30. The van der Waals surface area contributed by atoms with Gasteiger partial charge < -0.3 is 9.47 Å². The van der Waals surface area contributed by atoms with E-state index in [0.29, 0.717) is 17.8 Å². The highest BCUT2D eigenvalue weighted by molar-refractivity contribution is 5.90. The molecule has 4 heteroatoms. The van der Waals surface area contributed by atoms with Crippen LogP contribution in [0.2, 0.25) is 0 Å². The zero-order chi connectivity index (χ0) is 34.9. The highest BCUT2D eigenvalue weighted by Gasteiger charge is 2.33. The molecule has 3 saturated carbocycles. The van der Waals surface area contributed by atoms with Crippen LogP contribution in [0.5, 0.6) is 0 Å². The molecule has 0 saturated heterocycles. The average Bonchev–Trinajstić information content (AvgIpc) is 3.14. The molecule has 1 atom stereocenters. The van der Waals surface area contributed by atoms with E-state index in [1.165, 1.54) is 185 Å². The van der Waals surface area contributed by atoms with Gasteiger partial charge in [-0.1, -0.05) is 177 Å². The Kier molecular flexibility index (Phi) is 21.4. The molecule has 4 nitrogen and oxygen atoms in total. The van der Waals surface area contributed by atoms with Crippen LogP contribution in [0.15, 0.2) is 54.1 Å². The largest absolute Gasteiger partial charge is 0.466 e. The molecular formula is C45H72O4. The maximum absolute atomic E-state index is 13.8. The molecule has 0 N–H and O–H groups in total. The first kappa shape index (κ1) is 41.1. The molecule has 1 aromatic rings. The maximum atomic E-state index is 13.8. The normalized spacial score (nSPS) is 21.0. The summed E-state index contributed by atoms with van der Waals surface area (Å²) in [5, 5.41) is 0. The fraction of sp³-hybridized carbons (Fsp3) is 0.733. The predicted molar refractivity (Wildman–Crippen MR) is 205 cm³/mol. The molecule has 0 bridgehead atoms. The molecule has 0 radical (unpaired) electrons. The van der Waals surface area contributed by atoms with E-state index in [1.807, 2.05) is 37.3 Å². The van der Waals surface area contributed by atoms with Gasteiger partial charge in [0.25, 0.3) is 0 Å². The molecule has 0 amide bonds. The number of benzene rings is 1. The van der Waals surface area contributed by atoms with Gasteiger partial charge in [-0.05, 0) is 68.8 Å². The number of hydrogen-bond acceptors (Lipinski definition) is 4. The van der Waals surface area contributed by atoms with Crippen molar-refractivity contribution in [3.8, 4) is 0 Å². The van der Waals surface area contributed by atoms with E-state index in [0.717, 1.165) is 5.56 Å². The molecule has 0 aromatic heterocycles. The third-order valence-corrected chi connectivity index (χ3v) is 11.5. The summed E-state index contributed by atoms with van der Waals surface area (Å²) in [6.45, 7) is 5.16. The molecule has 0 spiro atoms. The van der Waals surface area contributed by atoms with Crippen molar-refractivity contribution in [2.75, 3.05) is 7.11 Å². The van der Waals surface area contributed by atoms with E-state index < -0.39 is 5.97 Å². The van der Waals surface area contributed by atoms with E-state index in [9.17, 15) is 9.59 Å². The van der Waals surface area contributed by atoms with E-state index >= 15 is 0 Å². The van der Waals surface area contributed by atoms with Gasteiger partial charge in [0, 0.05) is 11.6 Å². The zero-order valence-corrected chi connectivity index (χ0v) is 31.7. The first-order valence-corrected chi connectivity index (χ1v) is 20.7. The van der Waals surface area contributed by atoms with Crippen LogP contribution >= 0.6 is 0 Å². The van der Waals surface area contributed by atoms with Crippen molar-refractivity contribution in [1.82, 2.24) is 0 Å². The van der Waals surface area contributed by atoms with Crippen molar-refractivity contribution >= 4 is 11.9 Å². The van der Waals surface area contributed by atoms with Crippen LogP contribution in [0.25, 0.3) is 0 Å². The van der Waals surface area contributed by atoms with E-state index in [2.05, 4.69) is 6.58 Å². The molecule has 276 valence electrons. The Hall–Kier alpha value is -2.36. The molecule has 3 fully saturated rings.